The molecular weight excluding hydrogens is 410 g/mol. The number of benzene rings is 1. The first-order chi connectivity index (χ1) is 13.8. The minimum Gasteiger partial charge on any atom is -0.296 e. The average Bonchev–Trinajstić information content (AvgIpc) is 3.50. The van der Waals surface area contributed by atoms with Crippen LogP contribution in [0.15, 0.2) is 58.7 Å². The van der Waals surface area contributed by atoms with Crippen LogP contribution < -0.4 is 5.32 Å². The van der Waals surface area contributed by atoms with E-state index < -0.39 is 0 Å². The molecule has 4 aromatic heterocycles. The van der Waals surface area contributed by atoms with Crippen LogP contribution in [-0.2, 0) is 0 Å². The molecule has 0 saturated carbocycles. The molecule has 6 nitrogen and oxygen atoms in total. The first kappa shape index (κ1) is 17.1. The lowest BCUT2D eigenvalue weighted by molar-refractivity contribution is 0.102. The minimum absolute atomic E-state index is 0.250. The second kappa shape index (κ2) is 7.19. The number of carbonyl (C=O) groups is 1. The highest BCUT2D eigenvalue weighted by Gasteiger charge is 2.16. The predicted molar refractivity (Wildman–Crippen MR) is 114 cm³/mol. The zero-order valence-electron chi connectivity index (χ0n) is 14.2. The summed E-state index contributed by atoms with van der Waals surface area (Å²) in [7, 11) is 0. The molecule has 0 aliphatic rings. The number of carbonyl (C=O) groups excluding carboxylic acids is 1. The van der Waals surface area contributed by atoms with Crippen LogP contribution in [0.4, 0.5) is 5.13 Å². The van der Waals surface area contributed by atoms with Crippen molar-refractivity contribution in [1.82, 2.24) is 20.2 Å². The van der Waals surface area contributed by atoms with Crippen LogP contribution in [0.5, 0.6) is 0 Å². The predicted octanol–water partition coefficient (Wildman–Crippen LogP) is 5.19. The van der Waals surface area contributed by atoms with Gasteiger partial charge in [0.1, 0.15) is 16.9 Å². The molecule has 0 aliphatic carbocycles. The van der Waals surface area contributed by atoms with Crippen LogP contribution in [0.3, 0.4) is 0 Å². The van der Waals surface area contributed by atoms with Gasteiger partial charge in [0.2, 0.25) is 5.13 Å². The third-order valence-corrected chi connectivity index (χ3v) is 6.38. The van der Waals surface area contributed by atoms with Crippen molar-refractivity contribution in [3.63, 3.8) is 0 Å². The number of hydrogen-bond donors (Lipinski definition) is 1. The Kier molecular flexibility index (Phi) is 4.40. The highest BCUT2D eigenvalue weighted by atomic mass is 32.1. The summed E-state index contributed by atoms with van der Waals surface area (Å²) in [6.45, 7) is 0. The van der Waals surface area contributed by atoms with Crippen LogP contribution in [0.1, 0.15) is 10.4 Å². The van der Waals surface area contributed by atoms with Gasteiger partial charge in [-0.15, -0.1) is 32.9 Å². The van der Waals surface area contributed by atoms with Gasteiger partial charge in [-0.2, -0.15) is 0 Å². The van der Waals surface area contributed by atoms with Crippen molar-refractivity contribution >= 4 is 56.1 Å². The molecule has 0 radical (unpaired) electrons. The lowest BCUT2D eigenvalue weighted by Crippen LogP contribution is -2.11. The van der Waals surface area contributed by atoms with Crippen LogP contribution in [0.25, 0.3) is 32.2 Å². The number of aromatic nitrogens is 4. The van der Waals surface area contributed by atoms with Gasteiger partial charge in [0, 0.05) is 5.56 Å². The Bertz CT molecular complexity index is 1250. The summed E-state index contributed by atoms with van der Waals surface area (Å²) >= 11 is 4.52. The van der Waals surface area contributed by atoms with Gasteiger partial charge < -0.3 is 0 Å². The molecule has 0 spiro atoms. The molecule has 4 heterocycles. The maximum atomic E-state index is 12.5. The topological polar surface area (TPSA) is 80.7 Å². The van der Waals surface area contributed by atoms with E-state index >= 15 is 0 Å². The Morgan fingerprint density at radius 3 is 2.18 bits per heavy atom. The normalized spacial score (nSPS) is 11.0. The molecule has 1 N–H and O–H groups in total. The summed E-state index contributed by atoms with van der Waals surface area (Å²) in [5, 5.41) is 14.8. The Morgan fingerprint density at radius 1 is 0.857 bits per heavy atom. The minimum atomic E-state index is -0.250. The Morgan fingerprint density at radius 2 is 1.57 bits per heavy atom. The third kappa shape index (κ3) is 3.19. The number of amides is 1. The van der Waals surface area contributed by atoms with E-state index in [9.17, 15) is 4.79 Å². The molecule has 0 bridgehead atoms. The standard InChI is InChI=1S/C19H11N5OS3/c25-18(23-19-24-20-10-28-19)11-5-6-12-13(9-11)22-17(15-4-2-8-27-15)16(21-12)14-3-1-7-26-14/h1-10H,(H,23,24,25). The lowest BCUT2D eigenvalue weighted by atomic mass is 10.1. The largest absolute Gasteiger partial charge is 0.296 e. The van der Waals surface area contributed by atoms with E-state index in [0.717, 1.165) is 26.7 Å². The molecule has 136 valence electrons. The molecule has 0 atom stereocenters. The number of anilines is 1. The van der Waals surface area contributed by atoms with E-state index in [1.54, 1.807) is 40.3 Å². The Labute approximate surface area is 171 Å². The maximum absolute atomic E-state index is 12.5. The second-order valence-electron chi connectivity index (χ2n) is 5.78. The molecule has 1 aromatic carbocycles. The van der Waals surface area contributed by atoms with E-state index in [2.05, 4.69) is 15.5 Å². The van der Waals surface area contributed by atoms with Gasteiger partial charge >= 0.3 is 0 Å². The van der Waals surface area contributed by atoms with Crippen molar-refractivity contribution in [2.45, 2.75) is 0 Å². The Balaban J connectivity index is 1.61. The van der Waals surface area contributed by atoms with Crippen LogP contribution in [0, 0.1) is 0 Å². The molecule has 0 fully saturated rings. The Hall–Kier alpha value is -3.01. The number of hydrogen-bond acceptors (Lipinski definition) is 8. The van der Waals surface area contributed by atoms with Gasteiger partial charge in [-0.1, -0.05) is 23.5 Å². The van der Waals surface area contributed by atoms with Crippen molar-refractivity contribution in [3.8, 4) is 21.1 Å². The zero-order valence-corrected chi connectivity index (χ0v) is 16.6. The monoisotopic (exact) mass is 421 g/mol. The molecule has 5 rings (SSSR count). The average molecular weight is 422 g/mol. The summed E-state index contributed by atoms with van der Waals surface area (Å²) in [5.41, 5.74) is 5.17. The SMILES string of the molecule is O=C(Nc1nncs1)c1ccc2nc(-c3cccs3)c(-c3cccs3)nc2c1. The quantitative estimate of drug-likeness (QED) is 0.432. The third-order valence-electron chi connectivity index (χ3n) is 4.02. The molecule has 1 amide bonds. The fourth-order valence-electron chi connectivity index (χ4n) is 2.76. The molecule has 0 saturated heterocycles. The van der Waals surface area contributed by atoms with Crippen molar-refractivity contribution in [2.75, 3.05) is 5.32 Å². The molecule has 9 heteroatoms. The summed E-state index contributed by atoms with van der Waals surface area (Å²) in [6.07, 6.45) is 0. The van der Waals surface area contributed by atoms with Gasteiger partial charge in [-0.05, 0) is 41.1 Å². The molecule has 28 heavy (non-hydrogen) atoms. The van der Waals surface area contributed by atoms with Gasteiger partial charge in [0.25, 0.3) is 5.91 Å². The number of nitrogens with one attached hydrogen (secondary N) is 1. The van der Waals surface area contributed by atoms with Crippen molar-refractivity contribution in [3.05, 3.63) is 64.3 Å². The number of rotatable bonds is 4. The first-order valence-corrected chi connectivity index (χ1v) is 10.9. The first-order valence-electron chi connectivity index (χ1n) is 8.25. The van der Waals surface area contributed by atoms with E-state index in [-0.39, 0.29) is 5.91 Å². The van der Waals surface area contributed by atoms with E-state index in [4.69, 9.17) is 9.97 Å². The molecule has 5 aromatic rings. The van der Waals surface area contributed by atoms with Crippen molar-refractivity contribution < 1.29 is 4.79 Å². The summed E-state index contributed by atoms with van der Waals surface area (Å²) in [4.78, 5) is 24.3. The van der Waals surface area contributed by atoms with Gasteiger partial charge in [-0.25, -0.2) is 9.97 Å². The molecule has 0 aliphatic heterocycles. The highest BCUT2D eigenvalue weighted by molar-refractivity contribution is 7.14. The number of nitrogens with zero attached hydrogens (tertiary/aromatic N) is 4. The highest BCUT2D eigenvalue weighted by Crippen LogP contribution is 2.35. The van der Waals surface area contributed by atoms with Gasteiger partial charge in [0.05, 0.1) is 20.8 Å². The molecule has 0 unspecified atom stereocenters. The molecular formula is C19H11N5OS3. The fraction of sp³-hybridized carbons (Fsp3) is 0. The summed E-state index contributed by atoms with van der Waals surface area (Å²) < 4.78 is 0. The lowest BCUT2D eigenvalue weighted by Gasteiger charge is -2.08. The van der Waals surface area contributed by atoms with Gasteiger partial charge in [-0.3, -0.25) is 10.1 Å². The fourth-order valence-corrected chi connectivity index (χ4v) is 4.63. The smallest absolute Gasteiger partial charge is 0.257 e. The van der Waals surface area contributed by atoms with E-state index in [1.807, 2.05) is 41.1 Å². The van der Waals surface area contributed by atoms with Crippen LogP contribution in [0.2, 0.25) is 0 Å². The number of fused-ring (bicyclic) bond motifs is 1. The van der Waals surface area contributed by atoms with E-state index in [0.29, 0.717) is 16.2 Å². The van der Waals surface area contributed by atoms with Crippen LogP contribution in [-0.4, -0.2) is 26.1 Å². The van der Waals surface area contributed by atoms with Gasteiger partial charge in [0.15, 0.2) is 0 Å². The van der Waals surface area contributed by atoms with Crippen molar-refractivity contribution in [2.24, 2.45) is 0 Å². The van der Waals surface area contributed by atoms with Crippen molar-refractivity contribution in [1.29, 1.82) is 0 Å². The zero-order chi connectivity index (χ0) is 18.9. The summed E-state index contributed by atoms with van der Waals surface area (Å²) in [6, 6.07) is 13.4. The second-order valence-corrected chi connectivity index (χ2v) is 8.51. The van der Waals surface area contributed by atoms with Crippen LogP contribution >= 0.6 is 34.0 Å². The number of thiophene rings is 2. The summed E-state index contributed by atoms with van der Waals surface area (Å²) in [5.74, 6) is -0.250. The maximum Gasteiger partial charge on any atom is 0.257 e. The van der Waals surface area contributed by atoms with E-state index in [1.165, 1.54) is 11.3 Å².